The summed E-state index contributed by atoms with van der Waals surface area (Å²) in [5.41, 5.74) is 5.10. The van der Waals surface area contributed by atoms with Gasteiger partial charge in [0.1, 0.15) is 0 Å². The van der Waals surface area contributed by atoms with E-state index in [4.69, 9.17) is 0 Å². The Morgan fingerprint density at radius 2 is 2.05 bits per heavy atom. The van der Waals surface area contributed by atoms with Crippen molar-refractivity contribution in [3.8, 4) is 0 Å². The van der Waals surface area contributed by atoms with E-state index >= 15 is 0 Å². The second kappa shape index (κ2) is 5.62. The van der Waals surface area contributed by atoms with E-state index in [9.17, 15) is 0 Å². The zero-order valence-corrected chi connectivity index (χ0v) is 13.8. The first-order chi connectivity index (χ1) is 10.1. The third-order valence-electron chi connectivity index (χ3n) is 4.25. The maximum Gasteiger partial charge on any atom is 0.0644 e. The molecular formula is C17H21N3S. The number of aryl methyl sites for hydroxylation is 2. The van der Waals surface area contributed by atoms with Crippen molar-refractivity contribution in [2.24, 2.45) is 7.05 Å². The summed E-state index contributed by atoms with van der Waals surface area (Å²) in [5, 5.41) is 11.7. The van der Waals surface area contributed by atoms with Gasteiger partial charge in [-0.1, -0.05) is 18.2 Å². The Morgan fingerprint density at radius 1 is 1.29 bits per heavy atom. The van der Waals surface area contributed by atoms with Gasteiger partial charge < -0.3 is 5.32 Å². The smallest absolute Gasteiger partial charge is 0.0644 e. The summed E-state index contributed by atoms with van der Waals surface area (Å²) in [6.45, 7) is 4.24. The van der Waals surface area contributed by atoms with E-state index in [0.717, 1.165) is 12.1 Å². The van der Waals surface area contributed by atoms with Crippen molar-refractivity contribution in [3.05, 3.63) is 52.2 Å². The quantitative estimate of drug-likeness (QED) is 0.795. The molecule has 3 aromatic rings. The number of hydrogen-bond acceptors (Lipinski definition) is 3. The highest BCUT2D eigenvalue weighted by Gasteiger charge is 2.20. The molecule has 3 nitrogen and oxygen atoms in total. The SMILES string of the molecule is CNC(Cc1csc2ccccc12)c1c(C)nn(C)c1C. The maximum absolute atomic E-state index is 4.55. The number of hydrogen-bond donors (Lipinski definition) is 1. The topological polar surface area (TPSA) is 29.9 Å². The Kier molecular flexibility index (Phi) is 3.83. The van der Waals surface area contributed by atoms with Crippen LogP contribution < -0.4 is 5.32 Å². The van der Waals surface area contributed by atoms with Crippen LogP contribution >= 0.6 is 11.3 Å². The zero-order chi connectivity index (χ0) is 15.0. The summed E-state index contributed by atoms with van der Waals surface area (Å²) in [7, 11) is 4.05. The van der Waals surface area contributed by atoms with Crippen molar-refractivity contribution in [2.45, 2.75) is 26.3 Å². The largest absolute Gasteiger partial charge is 0.313 e. The molecule has 0 aliphatic carbocycles. The van der Waals surface area contributed by atoms with E-state index in [1.807, 2.05) is 30.1 Å². The molecule has 0 saturated carbocycles. The van der Waals surface area contributed by atoms with Gasteiger partial charge in [0.2, 0.25) is 0 Å². The van der Waals surface area contributed by atoms with Crippen LogP contribution in [0.25, 0.3) is 10.1 Å². The van der Waals surface area contributed by atoms with Gasteiger partial charge in [0.05, 0.1) is 5.69 Å². The van der Waals surface area contributed by atoms with Crippen LogP contribution in [0.15, 0.2) is 29.6 Å². The number of nitrogens with zero attached hydrogens (tertiary/aromatic N) is 2. The Hall–Kier alpha value is -1.65. The highest BCUT2D eigenvalue weighted by Crippen LogP contribution is 2.31. The predicted octanol–water partition coefficient (Wildman–Crippen LogP) is 3.75. The van der Waals surface area contributed by atoms with Crippen LogP contribution in [-0.4, -0.2) is 16.8 Å². The number of nitrogens with one attached hydrogen (secondary N) is 1. The van der Waals surface area contributed by atoms with Crippen LogP contribution in [-0.2, 0) is 13.5 Å². The number of fused-ring (bicyclic) bond motifs is 1. The maximum atomic E-state index is 4.55. The standard InChI is InChI=1S/C17H21N3S/c1-11-17(12(2)20(4)19-11)15(18-3)9-13-10-21-16-8-6-5-7-14(13)16/h5-8,10,15,18H,9H2,1-4H3. The minimum atomic E-state index is 0.303. The highest BCUT2D eigenvalue weighted by atomic mass is 32.1. The average Bonchev–Trinajstić information content (AvgIpc) is 2.99. The van der Waals surface area contributed by atoms with E-state index < -0.39 is 0 Å². The molecule has 0 radical (unpaired) electrons. The van der Waals surface area contributed by atoms with Gasteiger partial charge in [0.25, 0.3) is 0 Å². The Morgan fingerprint density at radius 3 is 2.71 bits per heavy atom. The van der Waals surface area contributed by atoms with Crippen LogP contribution in [0.5, 0.6) is 0 Å². The summed E-state index contributed by atoms with van der Waals surface area (Å²) in [4.78, 5) is 0. The van der Waals surface area contributed by atoms with E-state index in [0.29, 0.717) is 6.04 Å². The lowest BCUT2D eigenvalue weighted by molar-refractivity contribution is 0.587. The second-order valence-electron chi connectivity index (χ2n) is 5.51. The molecule has 4 heteroatoms. The first-order valence-corrected chi connectivity index (χ1v) is 8.12. The molecule has 0 spiro atoms. The zero-order valence-electron chi connectivity index (χ0n) is 13.0. The third kappa shape index (κ3) is 2.49. The number of likely N-dealkylation sites (N-methyl/N-ethyl adjacent to an activating group) is 1. The summed E-state index contributed by atoms with van der Waals surface area (Å²) in [6, 6.07) is 8.94. The minimum absolute atomic E-state index is 0.303. The molecule has 110 valence electrons. The summed E-state index contributed by atoms with van der Waals surface area (Å²) in [5.74, 6) is 0. The van der Waals surface area contributed by atoms with Crippen molar-refractivity contribution in [3.63, 3.8) is 0 Å². The fourth-order valence-electron chi connectivity index (χ4n) is 3.05. The molecular weight excluding hydrogens is 278 g/mol. The van der Waals surface area contributed by atoms with Crippen molar-refractivity contribution in [1.82, 2.24) is 15.1 Å². The summed E-state index contributed by atoms with van der Waals surface area (Å²) >= 11 is 1.83. The molecule has 0 saturated heterocycles. The van der Waals surface area contributed by atoms with Gasteiger partial charge in [0, 0.05) is 29.0 Å². The van der Waals surface area contributed by atoms with Crippen LogP contribution in [0.1, 0.15) is 28.6 Å². The molecule has 1 N–H and O–H groups in total. The molecule has 0 fully saturated rings. The van der Waals surface area contributed by atoms with E-state index in [-0.39, 0.29) is 0 Å². The highest BCUT2D eigenvalue weighted by molar-refractivity contribution is 7.17. The average molecular weight is 299 g/mol. The van der Waals surface area contributed by atoms with Gasteiger partial charge in [0.15, 0.2) is 0 Å². The number of rotatable bonds is 4. The number of aromatic nitrogens is 2. The molecule has 0 aliphatic heterocycles. The van der Waals surface area contributed by atoms with E-state index in [1.165, 1.54) is 26.9 Å². The van der Waals surface area contributed by atoms with Gasteiger partial charge in [-0.2, -0.15) is 5.10 Å². The van der Waals surface area contributed by atoms with Gasteiger partial charge >= 0.3 is 0 Å². The third-order valence-corrected chi connectivity index (χ3v) is 5.26. The molecule has 2 heterocycles. The van der Waals surface area contributed by atoms with Crippen LogP contribution in [0.4, 0.5) is 0 Å². The van der Waals surface area contributed by atoms with Gasteiger partial charge in [-0.3, -0.25) is 4.68 Å². The normalized spacial score (nSPS) is 13.0. The summed E-state index contributed by atoms with van der Waals surface area (Å²) in [6.07, 6.45) is 0.994. The van der Waals surface area contributed by atoms with Gasteiger partial charge in [-0.25, -0.2) is 0 Å². The fourth-order valence-corrected chi connectivity index (χ4v) is 4.03. The van der Waals surface area contributed by atoms with Crippen LogP contribution in [0.2, 0.25) is 0 Å². The summed E-state index contributed by atoms with van der Waals surface area (Å²) < 4.78 is 3.34. The first kappa shape index (κ1) is 14.3. The van der Waals surface area contributed by atoms with Crippen molar-refractivity contribution >= 4 is 21.4 Å². The molecule has 0 amide bonds. The molecule has 1 aromatic carbocycles. The van der Waals surface area contributed by atoms with Crippen molar-refractivity contribution in [2.75, 3.05) is 7.05 Å². The van der Waals surface area contributed by atoms with Gasteiger partial charge in [-0.05, 0) is 49.7 Å². The Labute approximate surface area is 129 Å². The van der Waals surface area contributed by atoms with Crippen LogP contribution in [0, 0.1) is 13.8 Å². The molecule has 3 rings (SSSR count). The van der Waals surface area contributed by atoms with E-state index in [2.05, 4.69) is 53.9 Å². The molecule has 2 aromatic heterocycles. The number of thiophene rings is 1. The Bertz CT molecular complexity index is 770. The fraction of sp³-hybridized carbons (Fsp3) is 0.353. The van der Waals surface area contributed by atoms with Gasteiger partial charge in [-0.15, -0.1) is 11.3 Å². The molecule has 0 bridgehead atoms. The minimum Gasteiger partial charge on any atom is -0.313 e. The second-order valence-corrected chi connectivity index (χ2v) is 6.42. The lowest BCUT2D eigenvalue weighted by atomic mass is 9.97. The molecule has 21 heavy (non-hydrogen) atoms. The Balaban J connectivity index is 1.98. The number of benzene rings is 1. The van der Waals surface area contributed by atoms with Crippen molar-refractivity contribution < 1.29 is 0 Å². The van der Waals surface area contributed by atoms with E-state index in [1.54, 1.807) is 0 Å². The monoisotopic (exact) mass is 299 g/mol. The first-order valence-electron chi connectivity index (χ1n) is 7.24. The lowest BCUT2D eigenvalue weighted by Gasteiger charge is -2.17. The predicted molar refractivity (Wildman–Crippen MR) is 90.0 cm³/mol. The molecule has 0 aliphatic rings. The van der Waals surface area contributed by atoms with Crippen LogP contribution in [0.3, 0.4) is 0 Å². The molecule has 1 atom stereocenters. The molecule has 1 unspecified atom stereocenters. The lowest BCUT2D eigenvalue weighted by Crippen LogP contribution is -2.20. The van der Waals surface area contributed by atoms with Crippen molar-refractivity contribution in [1.29, 1.82) is 0 Å².